The molecule has 3 N–H and O–H groups in total. The third-order valence-electron chi connectivity index (χ3n) is 3.58. The lowest BCUT2D eigenvalue weighted by molar-refractivity contribution is 0.143. The van der Waals surface area contributed by atoms with Crippen molar-refractivity contribution in [3.05, 3.63) is 53.2 Å². The van der Waals surface area contributed by atoms with E-state index in [1.807, 2.05) is 30.3 Å². The number of ether oxygens (including phenoxy) is 2. The number of benzene rings is 1. The Hall–Kier alpha value is -1.87. The van der Waals surface area contributed by atoms with Gasteiger partial charge in [0.1, 0.15) is 6.61 Å². The number of guanidine groups is 1. The standard InChI is InChI=1S/C18H24N4O2.HI/c1-13-6-7-16(11-14(13)2)22-18(19)21-12-15-5-4-8-20-17(15)24-10-9-23-3;/h4-8,11H,9-10,12H2,1-3H3,(H3,19,21,22);1H. The Morgan fingerprint density at radius 1 is 1.20 bits per heavy atom. The molecule has 0 fully saturated rings. The summed E-state index contributed by atoms with van der Waals surface area (Å²) in [5, 5.41) is 3.10. The van der Waals surface area contributed by atoms with E-state index < -0.39 is 0 Å². The Morgan fingerprint density at radius 2 is 2.00 bits per heavy atom. The van der Waals surface area contributed by atoms with Crippen molar-refractivity contribution in [3.8, 4) is 5.88 Å². The maximum absolute atomic E-state index is 5.97. The molecule has 136 valence electrons. The van der Waals surface area contributed by atoms with Crippen LogP contribution in [0.15, 0.2) is 41.5 Å². The summed E-state index contributed by atoms with van der Waals surface area (Å²) in [6, 6.07) is 9.84. The average Bonchev–Trinajstić information content (AvgIpc) is 2.57. The number of nitrogens with zero attached hydrogens (tertiary/aromatic N) is 2. The molecule has 2 rings (SSSR count). The summed E-state index contributed by atoms with van der Waals surface area (Å²) in [7, 11) is 1.63. The predicted molar refractivity (Wildman–Crippen MR) is 112 cm³/mol. The number of aryl methyl sites for hydroxylation is 2. The Morgan fingerprint density at radius 3 is 2.72 bits per heavy atom. The quantitative estimate of drug-likeness (QED) is 0.289. The van der Waals surface area contributed by atoms with E-state index in [1.165, 1.54) is 11.1 Å². The Kier molecular flexibility index (Phi) is 9.22. The van der Waals surface area contributed by atoms with Gasteiger partial charge in [0.25, 0.3) is 0 Å². The lowest BCUT2D eigenvalue weighted by Gasteiger charge is -2.10. The number of hydrogen-bond donors (Lipinski definition) is 2. The van der Waals surface area contributed by atoms with E-state index in [9.17, 15) is 0 Å². The van der Waals surface area contributed by atoms with Crippen LogP contribution in [-0.2, 0) is 11.3 Å². The molecule has 0 amide bonds. The summed E-state index contributed by atoms with van der Waals surface area (Å²) < 4.78 is 10.6. The zero-order valence-electron chi connectivity index (χ0n) is 14.8. The molecule has 25 heavy (non-hydrogen) atoms. The first-order valence-corrected chi connectivity index (χ1v) is 7.80. The molecule has 2 aromatic rings. The van der Waals surface area contributed by atoms with Crippen molar-refractivity contribution >= 4 is 35.6 Å². The van der Waals surface area contributed by atoms with Gasteiger partial charge in [0, 0.05) is 24.6 Å². The van der Waals surface area contributed by atoms with Crippen molar-refractivity contribution in [2.45, 2.75) is 20.4 Å². The summed E-state index contributed by atoms with van der Waals surface area (Å²) in [4.78, 5) is 8.59. The second-order valence-corrected chi connectivity index (χ2v) is 5.43. The first kappa shape index (κ1) is 21.2. The number of nitrogens with two attached hydrogens (primary N) is 1. The van der Waals surface area contributed by atoms with Crippen LogP contribution < -0.4 is 15.8 Å². The molecule has 0 unspecified atom stereocenters. The van der Waals surface area contributed by atoms with Gasteiger partial charge >= 0.3 is 0 Å². The van der Waals surface area contributed by atoms with Crippen LogP contribution in [0.4, 0.5) is 5.69 Å². The summed E-state index contributed by atoms with van der Waals surface area (Å²) >= 11 is 0. The maximum atomic E-state index is 5.97. The second-order valence-electron chi connectivity index (χ2n) is 5.43. The van der Waals surface area contributed by atoms with Crippen LogP contribution in [0, 0.1) is 13.8 Å². The molecule has 1 heterocycles. The molecule has 0 atom stereocenters. The lowest BCUT2D eigenvalue weighted by Crippen LogP contribution is -2.22. The van der Waals surface area contributed by atoms with Crippen molar-refractivity contribution in [1.29, 1.82) is 0 Å². The van der Waals surface area contributed by atoms with Crippen LogP contribution >= 0.6 is 24.0 Å². The zero-order chi connectivity index (χ0) is 17.4. The molecule has 1 aromatic heterocycles. The number of pyridine rings is 1. The Bertz CT molecular complexity index is 707. The number of rotatable bonds is 7. The SMILES string of the molecule is COCCOc1ncccc1CN=C(N)Nc1ccc(C)c(C)c1.I. The van der Waals surface area contributed by atoms with E-state index in [1.54, 1.807) is 13.3 Å². The molecule has 0 aliphatic rings. The van der Waals surface area contributed by atoms with Gasteiger partial charge in [0.15, 0.2) is 5.96 Å². The van der Waals surface area contributed by atoms with Crippen LogP contribution in [0.3, 0.4) is 0 Å². The highest BCUT2D eigenvalue weighted by Gasteiger charge is 2.05. The fraction of sp³-hybridized carbons (Fsp3) is 0.333. The maximum Gasteiger partial charge on any atom is 0.218 e. The molecular formula is C18H25IN4O2. The van der Waals surface area contributed by atoms with Gasteiger partial charge in [-0.1, -0.05) is 12.1 Å². The van der Waals surface area contributed by atoms with Gasteiger partial charge in [-0.3, -0.25) is 0 Å². The van der Waals surface area contributed by atoms with Crippen molar-refractivity contribution in [3.63, 3.8) is 0 Å². The molecule has 6 nitrogen and oxygen atoms in total. The first-order chi connectivity index (χ1) is 11.6. The molecule has 0 aliphatic heterocycles. The Balaban J connectivity index is 0.00000312. The molecule has 0 radical (unpaired) electrons. The van der Waals surface area contributed by atoms with Gasteiger partial charge in [-0.05, 0) is 43.2 Å². The normalized spacial score (nSPS) is 10.9. The summed E-state index contributed by atoms with van der Waals surface area (Å²) in [6.07, 6.45) is 1.69. The van der Waals surface area contributed by atoms with Gasteiger partial charge in [0.2, 0.25) is 5.88 Å². The summed E-state index contributed by atoms with van der Waals surface area (Å²) in [5.74, 6) is 0.905. The highest BCUT2D eigenvalue weighted by molar-refractivity contribution is 14.0. The molecule has 0 saturated heterocycles. The van der Waals surface area contributed by atoms with E-state index in [-0.39, 0.29) is 24.0 Å². The van der Waals surface area contributed by atoms with E-state index in [2.05, 4.69) is 29.1 Å². The van der Waals surface area contributed by atoms with Crippen molar-refractivity contribution < 1.29 is 9.47 Å². The molecule has 0 bridgehead atoms. The van der Waals surface area contributed by atoms with Gasteiger partial charge in [-0.2, -0.15) is 0 Å². The smallest absolute Gasteiger partial charge is 0.218 e. The van der Waals surface area contributed by atoms with Crippen LogP contribution in [-0.4, -0.2) is 31.3 Å². The topological polar surface area (TPSA) is 81.8 Å². The lowest BCUT2D eigenvalue weighted by atomic mass is 10.1. The predicted octanol–water partition coefficient (Wildman–Crippen LogP) is 3.27. The highest BCUT2D eigenvalue weighted by atomic mass is 127. The van der Waals surface area contributed by atoms with Crippen molar-refractivity contribution in [1.82, 2.24) is 4.98 Å². The summed E-state index contributed by atoms with van der Waals surface area (Å²) in [6.45, 7) is 5.48. The number of aliphatic imine (C=N–C) groups is 1. The van der Waals surface area contributed by atoms with E-state index in [0.29, 0.717) is 31.6 Å². The van der Waals surface area contributed by atoms with E-state index in [4.69, 9.17) is 15.2 Å². The fourth-order valence-corrected chi connectivity index (χ4v) is 2.07. The van der Waals surface area contributed by atoms with E-state index in [0.717, 1.165) is 11.3 Å². The monoisotopic (exact) mass is 456 g/mol. The molecular weight excluding hydrogens is 431 g/mol. The minimum atomic E-state index is 0. The molecule has 1 aromatic carbocycles. The van der Waals surface area contributed by atoms with Crippen LogP contribution in [0.25, 0.3) is 0 Å². The number of hydrogen-bond acceptors (Lipinski definition) is 4. The van der Waals surface area contributed by atoms with Crippen LogP contribution in [0.1, 0.15) is 16.7 Å². The zero-order valence-corrected chi connectivity index (χ0v) is 17.1. The molecule has 0 spiro atoms. The van der Waals surface area contributed by atoms with Gasteiger partial charge < -0.3 is 20.5 Å². The van der Waals surface area contributed by atoms with E-state index >= 15 is 0 Å². The van der Waals surface area contributed by atoms with Gasteiger partial charge in [-0.25, -0.2) is 9.98 Å². The van der Waals surface area contributed by atoms with Crippen LogP contribution in [0.2, 0.25) is 0 Å². The highest BCUT2D eigenvalue weighted by Crippen LogP contribution is 2.16. The average molecular weight is 456 g/mol. The van der Waals surface area contributed by atoms with Crippen molar-refractivity contribution in [2.75, 3.05) is 25.6 Å². The molecule has 7 heteroatoms. The number of methoxy groups -OCH3 is 1. The van der Waals surface area contributed by atoms with Gasteiger partial charge in [-0.15, -0.1) is 24.0 Å². The largest absolute Gasteiger partial charge is 0.475 e. The number of nitrogens with one attached hydrogen (secondary N) is 1. The first-order valence-electron chi connectivity index (χ1n) is 7.80. The number of anilines is 1. The molecule has 0 aliphatic carbocycles. The van der Waals surface area contributed by atoms with Crippen LogP contribution in [0.5, 0.6) is 5.88 Å². The minimum Gasteiger partial charge on any atom is -0.475 e. The molecule has 0 saturated carbocycles. The van der Waals surface area contributed by atoms with Gasteiger partial charge in [0.05, 0.1) is 13.2 Å². The second kappa shape index (κ2) is 10.9. The third-order valence-corrected chi connectivity index (χ3v) is 3.58. The Labute approximate surface area is 165 Å². The third kappa shape index (κ3) is 6.87. The number of aromatic nitrogens is 1. The number of halogens is 1. The summed E-state index contributed by atoms with van der Waals surface area (Å²) in [5.41, 5.74) is 10.2. The minimum absolute atomic E-state index is 0. The fourth-order valence-electron chi connectivity index (χ4n) is 2.07. The van der Waals surface area contributed by atoms with Crippen molar-refractivity contribution in [2.24, 2.45) is 10.7 Å².